The van der Waals surface area contributed by atoms with Gasteiger partial charge in [0.15, 0.2) is 0 Å². The smallest absolute Gasteiger partial charge is 0.310 e. The molecule has 12 aliphatic rings. The summed E-state index contributed by atoms with van der Waals surface area (Å²) in [5.41, 5.74) is -1.94. The van der Waals surface area contributed by atoms with Crippen LogP contribution in [0.3, 0.4) is 0 Å². The predicted octanol–water partition coefficient (Wildman–Crippen LogP) is 14.9. The highest BCUT2D eigenvalue weighted by Crippen LogP contribution is 2.73. The van der Waals surface area contributed by atoms with Crippen LogP contribution < -0.4 is 0 Å². The second kappa shape index (κ2) is 27.6. The molecule has 32 atom stereocenters. The largest absolute Gasteiger partial charge is 0.462 e. The fourth-order valence-electron chi connectivity index (χ4n) is 23.8. The van der Waals surface area contributed by atoms with Crippen LogP contribution in [0.15, 0.2) is 0 Å². The Morgan fingerprint density at radius 3 is 0.891 bits per heavy atom. The number of hydrogen-bond donors (Lipinski definition) is 2. The van der Waals surface area contributed by atoms with Crippen LogP contribution in [0.1, 0.15) is 242 Å². The number of esters is 6. The summed E-state index contributed by atoms with van der Waals surface area (Å²) in [4.78, 5) is 71.7. The lowest BCUT2D eigenvalue weighted by molar-refractivity contribution is -0.166. The average molecular weight is 1290 g/mol. The van der Waals surface area contributed by atoms with E-state index in [-0.39, 0.29) is 73.7 Å². The van der Waals surface area contributed by atoms with E-state index >= 15 is 0 Å². The van der Waals surface area contributed by atoms with E-state index in [1.54, 1.807) is 0 Å². The summed E-state index contributed by atoms with van der Waals surface area (Å²) in [6.07, 6.45) is 11.3. The molecular weight excluding hydrogens is 1160 g/mol. The number of rotatable bonds is 14. The summed E-state index contributed by atoms with van der Waals surface area (Å²) in [5.74, 6) is 18.3. The van der Waals surface area contributed by atoms with Crippen LogP contribution in [-0.4, -0.2) is 92.8 Å². The third-order valence-corrected chi connectivity index (χ3v) is 27.4. The first kappa shape index (κ1) is 73.0. The van der Waals surface area contributed by atoms with E-state index in [9.17, 15) is 39.0 Å². The molecule has 32 unspecified atom stereocenters. The Labute approximate surface area is 555 Å². The van der Waals surface area contributed by atoms with Crippen molar-refractivity contribution in [1.82, 2.24) is 0 Å². The molecule has 0 radical (unpaired) electrons. The zero-order valence-corrected chi connectivity index (χ0v) is 61.2. The zero-order chi connectivity index (χ0) is 68.1. The number of carbonyl (C=O) groups is 6. The number of hydrogen-bond acceptors (Lipinski definition) is 14. The van der Waals surface area contributed by atoms with Crippen LogP contribution in [0.5, 0.6) is 0 Å². The van der Waals surface area contributed by atoms with Gasteiger partial charge in [-0.15, -0.1) is 0 Å². The molecule has 12 fully saturated rings. The van der Waals surface area contributed by atoms with Crippen LogP contribution in [-0.2, 0) is 57.2 Å². The Kier molecular flexibility index (Phi) is 21.9. The van der Waals surface area contributed by atoms with E-state index in [0.29, 0.717) is 65.1 Å². The molecule has 0 aromatic heterocycles. The first-order valence-corrected chi connectivity index (χ1v) is 37.1. The first-order valence-electron chi connectivity index (χ1n) is 37.1. The fraction of sp³-hybridized carbons (Fsp3) is 0.923. The number of fused-ring (bicyclic) bond motifs is 22. The highest BCUT2D eigenvalue weighted by atomic mass is 16.6. The van der Waals surface area contributed by atoms with Gasteiger partial charge < -0.3 is 38.6 Å². The third kappa shape index (κ3) is 15.8. The van der Waals surface area contributed by atoms with Crippen LogP contribution in [0.25, 0.3) is 0 Å². The SMILES string of the molecule is CC(=O)OC(CC(=O)OC(C)(C)C)C1CC2CC1C(C)C2C.CC(=O)OC(CC(=O)OC(C)(C)C)C1CC2CC1C1C3CC(C(C)C3C)C21.CC1C(C)C2CC1C1C3CC(C(O)CC(=O)OC(C)(C)C)C(C3)C21.CC1C2CC(C(O)CC(=O)OC(C)(C)C)C(C2)C1C. The van der Waals surface area contributed by atoms with Crippen LogP contribution in [0.2, 0.25) is 0 Å². The van der Waals surface area contributed by atoms with Gasteiger partial charge >= 0.3 is 35.8 Å². The molecule has 0 amide bonds. The molecule has 0 spiro atoms. The molecule has 12 aliphatic carbocycles. The van der Waals surface area contributed by atoms with Gasteiger partial charge in [-0.2, -0.15) is 0 Å². The van der Waals surface area contributed by atoms with E-state index in [2.05, 4.69) is 55.4 Å². The van der Waals surface area contributed by atoms with Gasteiger partial charge in [0.25, 0.3) is 0 Å². The lowest BCUT2D eigenvalue weighted by Crippen LogP contribution is -2.43. The van der Waals surface area contributed by atoms with Gasteiger partial charge in [-0.3, -0.25) is 28.8 Å². The molecule has 0 aliphatic heterocycles. The highest BCUT2D eigenvalue weighted by molar-refractivity contribution is 5.73. The monoisotopic (exact) mass is 1290 g/mol. The molecule has 0 aromatic carbocycles. The third-order valence-electron chi connectivity index (χ3n) is 27.4. The van der Waals surface area contributed by atoms with Crippen molar-refractivity contribution in [3.05, 3.63) is 0 Å². The maximum absolute atomic E-state index is 12.5. The van der Waals surface area contributed by atoms with Crippen molar-refractivity contribution in [2.75, 3.05) is 0 Å². The Balaban J connectivity index is 0.000000146. The van der Waals surface area contributed by atoms with Gasteiger partial charge in [0.2, 0.25) is 0 Å². The molecular formula is C78H128O14. The minimum absolute atomic E-state index is 0.145. The van der Waals surface area contributed by atoms with Gasteiger partial charge in [-0.1, -0.05) is 55.4 Å². The highest BCUT2D eigenvalue weighted by Gasteiger charge is 2.68. The van der Waals surface area contributed by atoms with Crippen molar-refractivity contribution in [2.24, 2.45) is 166 Å². The number of carbonyl (C=O) groups excluding carboxylic acids is 6. The normalized spacial score (nSPS) is 43.0. The summed E-state index contributed by atoms with van der Waals surface area (Å²) < 4.78 is 32.9. The second-order valence-corrected chi connectivity index (χ2v) is 37.1. The Bertz CT molecular complexity index is 2620. The zero-order valence-electron chi connectivity index (χ0n) is 61.2. The standard InChI is InChI=1S/C23H36O4.C21H34O3.C18H30O4.C16H28O3/c1-11-12(2)16-9-15(11)21-14-7-17(18(8-14)22(16)21)19(26-13(3)24)10-20(25)27-23(4,5)6;1-10-11(2)14-8-13(10)19-12-6-15(16(7-12)20(14)19)17(22)9-18(23)24-21(3,4)5;1-10-11(2)14-7-13(10)8-15(14)16(21-12(3)19)9-17(20)22-18(4,5)6;1-9-10(2)12-6-11(9)7-13(12)14(17)8-15(18)19-16(3,4)5/h11-12,14-19,21-22H,7-10H2,1-6H3;10-17,19-20,22H,6-9H2,1-5H3;10-11,13-16H,7-9H2,1-6H3;9-14,17H,6-8H2,1-5H3. The molecule has 524 valence electrons. The van der Waals surface area contributed by atoms with Crippen LogP contribution in [0.4, 0.5) is 0 Å². The van der Waals surface area contributed by atoms with Crippen molar-refractivity contribution in [3.8, 4) is 0 Å². The van der Waals surface area contributed by atoms with Gasteiger partial charge in [-0.05, 0) is 313 Å². The predicted molar refractivity (Wildman–Crippen MR) is 354 cm³/mol. The van der Waals surface area contributed by atoms with Crippen molar-refractivity contribution in [3.63, 3.8) is 0 Å². The summed E-state index contributed by atoms with van der Waals surface area (Å²) in [5, 5.41) is 21.1. The van der Waals surface area contributed by atoms with E-state index in [4.69, 9.17) is 28.4 Å². The van der Waals surface area contributed by atoms with E-state index in [1.165, 1.54) is 52.4 Å². The minimum Gasteiger partial charge on any atom is -0.462 e. The molecule has 12 bridgehead atoms. The first-order chi connectivity index (χ1) is 42.5. The number of ether oxygens (including phenoxy) is 6. The van der Waals surface area contributed by atoms with E-state index in [1.807, 2.05) is 83.1 Å². The van der Waals surface area contributed by atoms with Gasteiger partial charge in [0.05, 0.1) is 37.9 Å². The molecule has 14 heteroatoms. The summed E-state index contributed by atoms with van der Waals surface area (Å²) >= 11 is 0. The summed E-state index contributed by atoms with van der Waals surface area (Å²) in [7, 11) is 0. The molecule has 12 rings (SSSR count). The van der Waals surface area contributed by atoms with Gasteiger partial charge in [0.1, 0.15) is 34.6 Å². The molecule has 12 saturated carbocycles. The van der Waals surface area contributed by atoms with Crippen molar-refractivity contribution in [2.45, 2.75) is 289 Å². The van der Waals surface area contributed by atoms with Crippen molar-refractivity contribution < 1.29 is 67.4 Å². The Hall–Kier alpha value is -3.26. The quantitative estimate of drug-likeness (QED) is 0.0946. The Morgan fingerprint density at radius 1 is 0.315 bits per heavy atom. The fourth-order valence-corrected chi connectivity index (χ4v) is 23.8. The maximum Gasteiger partial charge on any atom is 0.310 e. The van der Waals surface area contributed by atoms with Crippen molar-refractivity contribution in [1.29, 1.82) is 0 Å². The van der Waals surface area contributed by atoms with Crippen LogP contribution in [0, 0.1) is 166 Å². The Morgan fingerprint density at radius 2 is 0.565 bits per heavy atom. The molecule has 0 saturated heterocycles. The number of aliphatic hydroxyl groups excluding tert-OH is 2. The van der Waals surface area contributed by atoms with E-state index < -0.39 is 34.6 Å². The number of aliphatic hydroxyl groups is 2. The lowest BCUT2D eigenvalue weighted by Gasteiger charge is -2.45. The summed E-state index contributed by atoms with van der Waals surface area (Å²) in [6, 6.07) is 0. The summed E-state index contributed by atoms with van der Waals surface area (Å²) in [6.45, 7) is 44.4. The van der Waals surface area contributed by atoms with Crippen molar-refractivity contribution >= 4 is 35.8 Å². The molecule has 0 aromatic rings. The average Bonchev–Trinajstić information content (AvgIpc) is 1.54. The van der Waals surface area contributed by atoms with Gasteiger partial charge in [-0.25, -0.2) is 0 Å². The minimum atomic E-state index is -0.528. The van der Waals surface area contributed by atoms with Crippen LogP contribution >= 0.6 is 0 Å². The molecule has 14 nitrogen and oxygen atoms in total. The van der Waals surface area contributed by atoms with Gasteiger partial charge in [0, 0.05) is 13.8 Å². The molecule has 2 N–H and O–H groups in total. The molecule has 92 heavy (non-hydrogen) atoms. The van der Waals surface area contributed by atoms with E-state index in [0.717, 1.165) is 126 Å². The maximum atomic E-state index is 12.5. The second-order valence-electron chi connectivity index (χ2n) is 37.1. The molecule has 0 heterocycles. The lowest BCUT2D eigenvalue weighted by atomic mass is 9.61. The topological polar surface area (TPSA) is 198 Å².